The van der Waals surface area contributed by atoms with E-state index in [4.69, 9.17) is 9.47 Å². The maximum atomic E-state index is 12.7. The third kappa shape index (κ3) is 4.63. The average Bonchev–Trinajstić information content (AvgIpc) is 2.77. The molecule has 0 aliphatic carbocycles. The minimum Gasteiger partial charge on any atom is -0.486 e. The Kier molecular flexibility index (Phi) is 6.73. The van der Waals surface area contributed by atoms with Gasteiger partial charge in [0.1, 0.15) is 13.2 Å². The van der Waals surface area contributed by atoms with Gasteiger partial charge in [0.2, 0.25) is 10.0 Å². The number of hydrazone groups is 1. The molecule has 0 spiro atoms. The summed E-state index contributed by atoms with van der Waals surface area (Å²) in [6, 6.07) is 11.4. The van der Waals surface area contributed by atoms with Gasteiger partial charge in [0.05, 0.1) is 10.6 Å². The van der Waals surface area contributed by atoms with Gasteiger partial charge in [-0.25, -0.2) is 13.8 Å². The number of rotatable bonds is 7. The van der Waals surface area contributed by atoms with Crippen LogP contribution in [0.15, 0.2) is 52.5 Å². The van der Waals surface area contributed by atoms with Gasteiger partial charge >= 0.3 is 0 Å². The van der Waals surface area contributed by atoms with Gasteiger partial charge in [-0.15, -0.1) is 0 Å². The molecule has 0 unspecified atom stereocenters. The first-order chi connectivity index (χ1) is 14.4. The zero-order valence-corrected chi connectivity index (χ0v) is 18.0. The standard InChI is InChI=1S/C21H25N3O5S/c1-4-24(5-2)30(26,27)18-8-6-7-17(13-18)21(25)23-22-15(3)16-9-10-19-20(14-16)29-12-11-28-19/h6-10,13-14H,4-5,11-12H2,1-3H3,(H,23,25)/b22-15-. The Morgan fingerprint density at radius 1 is 1.03 bits per heavy atom. The van der Waals surface area contributed by atoms with Crippen LogP contribution in [0.25, 0.3) is 0 Å². The van der Waals surface area contributed by atoms with Crippen LogP contribution in [-0.4, -0.2) is 50.6 Å². The molecule has 160 valence electrons. The summed E-state index contributed by atoms with van der Waals surface area (Å²) in [6.45, 7) is 7.00. The molecule has 0 saturated heterocycles. The molecule has 0 bridgehead atoms. The summed E-state index contributed by atoms with van der Waals surface area (Å²) in [6.07, 6.45) is 0. The van der Waals surface area contributed by atoms with Crippen molar-refractivity contribution in [2.24, 2.45) is 5.10 Å². The van der Waals surface area contributed by atoms with Crippen LogP contribution >= 0.6 is 0 Å². The first-order valence-corrected chi connectivity index (χ1v) is 11.2. The van der Waals surface area contributed by atoms with Gasteiger partial charge < -0.3 is 9.47 Å². The Balaban J connectivity index is 1.76. The number of carbonyl (C=O) groups is 1. The van der Waals surface area contributed by atoms with Crippen LogP contribution in [-0.2, 0) is 10.0 Å². The molecular weight excluding hydrogens is 406 g/mol. The molecule has 0 radical (unpaired) electrons. The first kappa shape index (κ1) is 21.8. The van der Waals surface area contributed by atoms with Crippen LogP contribution in [0.1, 0.15) is 36.7 Å². The van der Waals surface area contributed by atoms with Crippen molar-refractivity contribution in [3.05, 3.63) is 53.6 Å². The smallest absolute Gasteiger partial charge is 0.271 e. The summed E-state index contributed by atoms with van der Waals surface area (Å²) in [5, 5.41) is 4.14. The highest BCUT2D eigenvalue weighted by Gasteiger charge is 2.22. The number of nitrogens with one attached hydrogen (secondary N) is 1. The van der Waals surface area contributed by atoms with E-state index in [1.54, 1.807) is 45.0 Å². The maximum Gasteiger partial charge on any atom is 0.271 e. The lowest BCUT2D eigenvalue weighted by Gasteiger charge is -2.19. The number of benzene rings is 2. The summed E-state index contributed by atoms with van der Waals surface area (Å²) in [7, 11) is -3.65. The molecule has 1 N–H and O–H groups in total. The average molecular weight is 432 g/mol. The first-order valence-electron chi connectivity index (χ1n) is 9.71. The Bertz CT molecular complexity index is 1060. The number of hydrogen-bond donors (Lipinski definition) is 1. The summed E-state index contributed by atoms with van der Waals surface area (Å²) in [5.74, 6) is 0.811. The van der Waals surface area contributed by atoms with E-state index in [9.17, 15) is 13.2 Å². The predicted molar refractivity (Wildman–Crippen MR) is 114 cm³/mol. The molecular formula is C21H25N3O5S. The fourth-order valence-corrected chi connectivity index (χ4v) is 4.55. The highest BCUT2D eigenvalue weighted by Crippen LogP contribution is 2.30. The van der Waals surface area contributed by atoms with Crippen molar-refractivity contribution in [1.82, 2.24) is 9.73 Å². The Hall–Kier alpha value is -2.91. The second-order valence-corrected chi connectivity index (χ2v) is 8.55. The zero-order valence-electron chi connectivity index (χ0n) is 17.2. The largest absolute Gasteiger partial charge is 0.486 e. The summed E-state index contributed by atoms with van der Waals surface area (Å²) < 4.78 is 37.8. The van der Waals surface area contributed by atoms with E-state index >= 15 is 0 Å². The second-order valence-electron chi connectivity index (χ2n) is 6.61. The van der Waals surface area contributed by atoms with Gasteiger partial charge in [0, 0.05) is 24.2 Å². The van der Waals surface area contributed by atoms with Gasteiger partial charge in [-0.05, 0) is 43.3 Å². The van der Waals surface area contributed by atoms with E-state index in [-0.39, 0.29) is 10.5 Å². The molecule has 30 heavy (non-hydrogen) atoms. The van der Waals surface area contributed by atoms with Crippen molar-refractivity contribution in [3.63, 3.8) is 0 Å². The fraction of sp³-hybridized carbons (Fsp3) is 0.333. The van der Waals surface area contributed by atoms with E-state index in [1.165, 1.54) is 16.4 Å². The number of ether oxygens (including phenoxy) is 2. The maximum absolute atomic E-state index is 12.7. The fourth-order valence-electron chi connectivity index (χ4n) is 3.04. The number of fused-ring (bicyclic) bond motifs is 1. The predicted octanol–water partition coefficient (Wildman–Crippen LogP) is 2.64. The topological polar surface area (TPSA) is 97.3 Å². The molecule has 1 heterocycles. The van der Waals surface area contributed by atoms with Crippen LogP contribution in [0, 0.1) is 0 Å². The quantitative estimate of drug-likeness (QED) is 0.537. The molecule has 3 rings (SSSR count). The van der Waals surface area contributed by atoms with Crippen molar-refractivity contribution >= 4 is 21.6 Å². The van der Waals surface area contributed by atoms with Gasteiger partial charge in [0.15, 0.2) is 11.5 Å². The van der Waals surface area contributed by atoms with Gasteiger partial charge in [-0.3, -0.25) is 4.79 Å². The summed E-state index contributed by atoms with van der Waals surface area (Å²) in [5.41, 5.74) is 4.04. The SMILES string of the molecule is CCN(CC)S(=O)(=O)c1cccc(C(=O)N/N=C(/C)c2ccc3c(c2)OCCO3)c1. The molecule has 1 aliphatic rings. The van der Waals surface area contributed by atoms with E-state index in [2.05, 4.69) is 10.5 Å². The van der Waals surface area contributed by atoms with Crippen LogP contribution < -0.4 is 14.9 Å². The third-order valence-corrected chi connectivity index (χ3v) is 6.77. The molecule has 2 aromatic carbocycles. The monoisotopic (exact) mass is 431 g/mol. The van der Waals surface area contributed by atoms with Gasteiger partial charge in [-0.2, -0.15) is 9.41 Å². The molecule has 1 aliphatic heterocycles. The number of sulfonamides is 1. The van der Waals surface area contributed by atoms with E-state index in [0.29, 0.717) is 43.5 Å². The van der Waals surface area contributed by atoms with Crippen LogP contribution in [0.3, 0.4) is 0 Å². The molecule has 2 aromatic rings. The summed E-state index contributed by atoms with van der Waals surface area (Å²) in [4.78, 5) is 12.6. The van der Waals surface area contributed by atoms with Crippen LogP contribution in [0.4, 0.5) is 0 Å². The number of carbonyl (C=O) groups excluding carboxylic acids is 1. The molecule has 9 heteroatoms. The number of nitrogens with zero attached hydrogens (tertiary/aromatic N) is 2. The Morgan fingerprint density at radius 2 is 1.73 bits per heavy atom. The lowest BCUT2D eigenvalue weighted by Crippen LogP contribution is -2.30. The minimum absolute atomic E-state index is 0.0754. The van der Waals surface area contributed by atoms with Crippen molar-refractivity contribution in [3.8, 4) is 11.5 Å². The van der Waals surface area contributed by atoms with Gasteiger partial charge in [0.25, 0.3) is 5.91 Å². The lowest BCUT2D eigenvalue weighted by molar-refractivity contribution is 0.0954. The van der Waals surface area contributed by atoms with E-state index in [1.807, 2.05) is 6.07 Å². The zero-order chi connectivity index (χ0) is 21.7. The molecule has 0 fully saturated rings. The van der Waals surface area contributed by atoms with Crippen molar-refractivity contribution in [1.29, 1.82) is 0 Å². The van der Waals surface area contributed by atoms with Crippen LogP contribution in [0.5, 0.6) is 11.5 Å². The number of hydrogen-bond acceptors (Lipinski definition) is 6. The van der Waals surface area contributed by atoms with Crippen LogP contribution in [0.2, 0.25) is 0 Å². The molecule has 8 nitrogen and oxygen atoms in total. The highest BCUT2D eigenvalue weighted by atomic mass is 32.2. The lowest BCUT2D eigenvalue weighted by atomic mass is 10.1. The van der Waals surface area contributed by atoms with Crippen molar-refractivity contribution in [2.75, 3.05) is 26.3 Å². The van der Waals surface area contributed by atoms with Crippen molar-refractivity contribution in [2.45, 2.75) is 25.7 Å². The highest BCUT2D eigenvalue weighted by molar-refractivity contribution is 7.89. The van der Waals surface area contributed by atoms with Gasteiger partial charge in [-0.1, -0.05) is 19.9 Å². The summed E-state index contributed by atoms with van der Waals surface area (Å²) >= 11 is 0. The molecule has 0 saturated carbocycles. The third-order valence-electron chi connectivity index (χ3n) is 4.72. The molecule has 1 amide bonds. The Labute approximate surface area is 176 Å². The van der Waals surface area contributed by atoms with Crippen molar-refractivity contribution < 1.29 is 22.7 Å². The molecule has 0 aromatic heterocycles. The second kappa shape index (κ2) is 9.27. The number of amides is 1. The molecule has 0 atom stereocenters. The minimum atomic E-state index is -3.65. The Morgan fingerprint density at radius 3 is 2.43 bits per heavy atom. The normalized spacial score (nSPS) is 13.9. The van der Waals surface area contributed by atoms with E-state index < -0.39 is 15.9 Å². The van der Waals surface area contributed by atoms with E-state index in [0.717, 1.165) is 5.56 Å².